The Hall–Kier alpha value is -2.40. The fraction of sp³-hybridized carbons (Fsp3) is 0.0714. The molecule has 0 bridgehead atoms. The van der Waals surface area contributed by atoms with Gasteiger partial charge in [-0.25, -0.2) is 9.78 Å². The van der Waals surface area contributed by atoms with E-state index in [0.29, 0.717) is 16.8 Å². The maximum atomic E-state index is 12.0. The molecule has 20 heavy (non-hydrogen) atoms. The van der Waals surface area contributed by atoms with E-state index in [0.717, 1.165) is 0 Å². The van der Waals surface area contributed by atoms with Crippen molar-refractivity contribution in [2.75, 3.05) is 12.4 Å². The summed E-state index contributed by atoms with van der Waals surface area (Å²) in [6.45, 7) is 0. The minimum atomic E-state index is -0.452. The van der Waals surface area contributed by atoms with Gasteiger partial charge in [-0.3, -0.25) is 4.79 Å². The summed E-state index contributed by atoms with van der Waals surface area (Å²) in [5.74, 6) is -0.788. The molecule has 2 aromatic rings. The van der Waals surface area contributed by atoms with Crippen LogP contribution in [0.15, 0.2) is 42.6 Å². The predicted molar refractivity (Wildman–Crippen MR) is 75.0 cm³/mol. The summed E-state index contributed by atoms with van der Waals surface area (Å²) in [4.78, 5) is 27.1. The van der Waals surface area contributed by atoms with Crippen LogP contribution < -0.4 is 5.32 Å². The number of hydrogen-bond donors (Lipinski definition) is 1. The third-order valence-electron chi connectivity index (χ3n) is 2.58. The summed E-state index contributed by atoms with van der Waals surface area (Å²) in [7, 11) is 1.30. The first-order valence-corrected chi connectivity index (χ1v) is 6.10. The molecule has 0 radical (unpaired) electrons. The fourth-order valence-corrected chi connectivity index (χ4v) is 1.72. The second kappa shape index (κ2) is 6.16. The normalized spacial score (nSPS) is 9.90. The van der Waals surface area contributed by atoms with Gasteiger partial charge in [0, 0.05) is 11.8 Å². The number of nitrogens with one attached hydrogen (secondary N) is 1. The lowest BCUT2D eigenvalue weighted by Crippen LogP contribution is -2.13. The molecular formula is C14H11ClN2O3. The van der Waals surface area contributed by atoms with Crippen LogP contribution in [0, 0.1) is 0 Å². The Morgan fingerprint density at radius 2 is 1.80 bits per heavy atom. The number of ether oxygens (including phenoxy) is 1. The topological polar surface area (TPSA) is 68.3 Å². The van der Waals surface area contributed by atoms with Gasteiger partial charge < -0.3 is 10.1 Å². The zero-order valence-electron chi connectivity index (χ0n) is 10.6. The summed E-state index contributed by atoms with van der Waals surface area (Å²) in [5, 5.41) is 2.85. The van der Waals surface area contributed by atoms with Crippen molar-refractivity contribution in [3.8, 4) is 0 Å². The number of hydrogen-bond acceptors (Lipinski definition) is 4. The van der Waals surface area contributed by atoms with Gasteiger partial charge in [0.1, 0.15) is 0 Å². The molecule has 0 aliphatic carbocycles. The number of nitrogens with zero attached hydrogens (tertiary/aromatic N) is 1. The van der Waals surface area contributed by atoms with E-state index in [9.17, 15) is 9.59 Å². The third-order valence-corrected chi connectivity index (χ3v) is 2.88. The van der Waals surface area contributed by atoms with Crippen molar-refractivity contribution in [2.24, 2.45) is 0 Å². The van der Waals surface area contributed by atoms with Gasteiger partial charge >= 0.3 is 5.97 Å². The smallest absolute Gasteiger partial charge is 0.337 e. The molecule has 5 nitrogen and oxygen atoms in total. The number of benzene rings is 1. The molecule has 1 heterocycles. The molecular weight excluding hydrogens is 280 g/mol. The van der Waals surface area contributed by atoms with Crippen molar-refractivity contribution in [1.82, 2.24) is 4.98 Å². The third kappa shape index (κ3) is 3.13. The number of aromatic nitrogens is 1. The van der Waals surface area contributed by atoms with Crippen molar-refractivity contribution in [1.29, 1.82) is 0 Å². The van der Waals surface area contributed by atoms with E-state index in [1.54, 1.807) is 12.1 Å². The zero-order valence-corrected chi connectivity index (χ0v) is 11.3. The van der Waals surface area contributed by atoms with Crippen LogP contribution in [0.3, 0.4) is 0 Å². The van der Waals surface area contributed by atoms with Gasteiger partial charge in [-0.2, -0.15) is 0 Å². The predicted octanol–water partition coefficient (Wildman–Crippen LogP) is 2.77. The molecule has 0 atom stereocenters. The maximum absolute atomic E-state index is 12.0. The quantitative estimate of drug-likeness (QED) is 0.697. The Balaban J connectivity index is 2.14. The number of pyridine rings is 1. The maximum Gasteiger partial charge on any atom is 0.337 e. The Labute approximate surface area is 120 Å². The lowest BCUT2D eigenvalue weighted by Gasteiger charge is -2.06. The Bertz CT molecular complexity index is 641. The number of carbonyl (C=O) groups excluding carboxylic acids is 2. The van der Waals surface area contributed by atoms with E-state index in [4.69, 9.17) is 11.6 Å². The number of anilines is 1. The molecule has 0 saturated carbocycles. The Kier molecular flexibility index (Phi) is 4.32. The summed E-state index contributed by atoms with van der Waals surface area (Å²) < 4.78 is 4.58. The minimum Gasteiger partial charge on any atom is -0.465 e. The van der Waals surface area contributed by atoms with E-state index < -0.39 is 5.97 Å². The van der Waals surface area contributed by atoms with Crippen LogP contribution in [0.4, 0.5) is 5.69 Å². The Morgan fingerprint density at radius 1 is 1.15 bits per heavy atom. The molecule has 6 heteroatoms. The van der Waals surface area contributed by atoms with Gasteiger partial charge in [-0.1, -0.05) is 11.6 Å². The van der Waals surface area contributed by atoms with Gasteiger partial charge in [0.25, 0.3) is 5.91 Å². The number of carbonyl (C=O) groups is 2. The van der Waals surface area contributed by atoms with Crippen molar-refractivity contribution < 1.29 is 14.3 Å². The molecule has 0 unspecified atom stereocenters. The standard InChI is InChI=1S/C14H11ClN2O3/c1-20-14(19)10-6-4-9(5-7-10)13(18)17-11-3-2-8-16-12(11)15/h2-8H,1H3,(H,17,18). The Morgan fingerprint density at radius 3 is 2.40 bits per heavy atom. The molecule has 1 N–H and O–H groups in total. The highest BCUT2D eigenvalue weighted by atomic mass is 35.5. The molecule has 2 rings (SSSR count). The lowest BCUT2D eigenvalue weighted by molar-refractivity contribution is 0.0600. The fourth-order valence-electron chi connectivity index (χ4n) is 1.55. The highest BCUT2D eigenvalue weighted by Crippen LogP contribution is 2.18. The molecule has 102 valence electrons. The molecule has 0 spiro atoms. The number of halogens is 1. The molecule has 1 aromatic carbocycles. The van der Waals surface area contributed by atoms with Crippen molar-refractivity contribution in [3.05, 3.63) is 58.9 Å². The number of methoxy groups -OCH3 is 1. The van der Waals surface area contributed by atoms with Crippen LogP contribution in [0.25, 0.3) is 0 Å². The average Bonchev–Trinajstić information content (AvgIpc) is 2.49. The summed E-state index contributed by atoms with van der Waals surface area (Å²) in [6.07, 6.45) is 1.53. The summed E-state index contributed by atoms with van der Waals surface area (Å²) >= 11 is 5.85. The average molecular weight is 291 g/mol. The van der Waals surface area contributed by atoms with Gasteiger partial charge in [0.2, 0.25) is 0 Å². The van der Waals surface area contributed by atoms with E-state index in [1.165, 1.54) is 37.6 Å². The largest absolute Gasteiger partial charge is 0.465 e. The van der Waals surface area contributed by atoms with Crippen LogP contribution in [0.2, 0.25) is 5.15 Å². The zero-order chi connectivity index (χ0) is 14.5. The number of amides is 1. The van der Waals surface area contributed by atoms with Crippen molar-refractivity contribution in [3.63, 3.8) is 0 Å². The first-order valence-electron chi connectivity index (χ1n) is 5.72. The van der Waals surface area contributed by atoms with Gasteiger partial charge in [-0.05, 0) is 36.4 Å². The summed E-state index contributed by atoms with van der Waals surface area (Å²) in [5.41, 5.74) is 1.21. The van der Waals surface area contributed by atoms with Gasteiger partial charge in [0.05, 0.1) is 18.4 Å². The monoisotopic (exact) mass is 290 g/mol. The molecule has 0 fully saturated rings. The first-order chi connectivity index (χ1) is 9.61. The van der Waals surface area contributed by atoms with Crippen LogP contribution in [0.5, 0.6) is 0 Å². The highest BCUT2D eigenvalue weighted by Gasteiger charge is 2.10. The van der Waals surface area contributed by atoms with E-state index in [1.807, 2.05) is 0 Å². The van der Waals surface area contributed by atoms with E-state index in [-0.39, 0.29) is 11.1 Å². The molecule has 0 aliphatic rings. The molecule has 1 amide bonds. The minimum absolute atomic E-state index is 0.215. The molecule has 0 saturated heterocycles. The van der Waals surface area contributed by atoms with Crippen LogP contribution in [-0.4, -0.2) is 24.0 Å². The second-order valence-electron chi connectivity index (χ2n) is 3.86. The first kappa shape index (κ1) is 14.0. The highest BCUT2D eigenvalue weighted by molar-refractivity contribution is 6.32. The second-order valence-corrected chi connectivity index (χ2v) is 4.22. The van der Waals surface area contributed by atoms with Gasteiger partial charge in [0.15, 0.2) is 5.15 Å². The SMILES string of the molecule is COC(=O)c1ccc(C(=O)Nc2cccnc2Cl)cc1. The molecule has 0 aliphatic heterocycles. The van der Waals surface area contributed by atoms with Crippen LogP contribution in [0.1, 0.15) is 20.7 Å². The molecule has 1 aromatic heterocycles. The van der Waals surface area contributed by atoms with E-state index >= 15 is 0 Å². The van der Waals surface area contributed by atoms with Crippen molar-refractivity contribution in [2.45, 2.75) is 0 Å². The summed E-state index contributed by atoms with van der Waals surface area (Å²) in [6, 6.07) is 9.42. The van der Waals surface area contributed by atoms with Crippen LogP contribution in [-0.2, 0) is 4.74 Å². The van der Waals surface area contributed by atoms with Gasteiger partial charge in [-0.15, -0.1) is 0 Å². The number of rotatable bonds is 3. The van der Waals surface area contributed by atoms with Crippen LogP contribution >= 0.6 is 11.6 Å². The number of esters is 1. The van der Waals surface area contributed by atoms with Crippen molar-refractivity contribution >= 4 is 29.2 Å². The van der Waals surface area contributed by atoms with E-state index in [2.05, 4.69) is 15.0 Å². The lowest BCUT2D eigenvalue weighted by atomic mass is 10.1.